The van der Waals surface area contributed by atoms with Gasteiger partial charge >= 0.3 is 0 Å². The second kappa shape index (κ2) is 8.70. The Morgan fingerprint density at radius 2 is 2.30 bits per heavy atom. The van der Waals surface area contributed by atoms with E-state index in [1.807, 2.05) is 24.3 Å². The zero-order valence-corrected chi connectivity index (χ0v) is 11.8. The molecule has 0 amide bonds. The molecule has 0 aliphatic carbocycles. The maximum absolute atomic E-state index is 8.99. The second-order valence-corrected chi connectivity index (χ2v) is 5.01. The van der Waals surface area contributed by atoms with E-state index in [1.54, 1.807) is 0 Å². The van der Waals surface area contributed by atoms with Crippen LogP contribution >= 0.6 is 0 Å². The summed E-state index contributed by atoms with van der Waals surface area (Å²) in [6.07, 6.45) is 3.57. The summed E-state index contributed by atoms with van der Waals surface area (Å²) in [7, 11) is 0. The Balaban J connectivity index is 1.52. The summed E-state index contributed by atoms with van der Waals surface area (Å²) < 4.78 is 11.1. The molecule has 1 fully saturated rings. The summed E-state index contributed by atoms with van der Waals surface area (Å²) >= 11 is 0. The van der Waals surface area contributed by atoms with Gasteiger partial charge in [-0.15, -0.1) is 0 Å². The van der Waals surface area contributed by atoms with E-state index < -0.39 is 0 Å². The Kier molecular flexibility index (Phi) is 6.52. The summed E-state index contributed by atoms with van der Waals surface area (Å²) in [5, 5.41) is 12.3. The number of rotatable bonds is 8. The minimum Gasteiger partial charge on any atom is -0.379 e. The first-order valence-corrected chi connectivity index (χ1v) is 7.28. The van der Waals surface area contributed by atoms with Crippen molar-refractivity contribution in [3.63, 3.8) is 0 Å². The van der Waals surface area contributed by atoms with Crippen LogP contribution in [0.1, 0.15) is 30.4 Å². The van der Waals surface area contributed by atoms with Crippen LogP contribution in [-0.2, 0) is 16.0 Å². The number of ether oxygens (including phenoxy) is 2. The van der Waals surface area contributed by atoms with Crippen molar-refractivity contribution in [1.29, 1.82) is 5.26 Å². The minimum atomic E-state index is 0.311. The van der Waals surface area contributed by atoms with E-state index in [4.69, 9.17) is 14.7 Å². The Labute approximate surface area is 120 Å². The average Bonchev–Trinajstić information content (AvgIpc) is 3.00. The monoisotopic (exact) mass is 274 g/mol. The first kappa shape index (κ1) is 15.0. The molecule has 1 heterocycles. The Morgan fingerprint density at radius 3 is 3.10 bits per heavy atom. The highest BCUT2D eigenvalue weighted by molar-refractivity contribution is 5.37. The summed E-state index contributed by atoms with van der Waals surface area (Å²) in [5.41, 5.74) is 1.80. The van der Waals surface area contributed by atoms with Gasteiger partial charge in [0, 0.05) is 19.8 Å². The van der Waals surface area contributed by atoms with E-state index in [9.17, 15) is 0 Å². The summed E-state index contributed by atoms with van der Waals surface area (Å²) in [4.78, 5) is 0. The molecule has 0 aromatic heterocycles. The van der Waals surface area contributed by atoms with Crippen LogP contribution in [0.25, 0.3) is 0 Å². The standard InChI is InChI=1S/C16H22N2O2/c17-11-14-5-1-2-6-15(14)12-18-8-4-9-19-13-16-7-3-10-20-16/h1-2,5-6,16,18H,3-4,7-10,12-13H2. The van der Waals surface area contributed by atoms with Crippen LogP contribution in [0.5, 0.6) is 0 Å². The van der Waals surface area contributed by atoms with Crippen molar-refractivity contribution in [2.24, 2.45) is 0 Å². The molecule has 1 aliphatic rings. The minimum absolute atomic E-state index is 0.311. The van der Waals surface area contributed by atoms with Crippen molar-refractivity contribution in [2.75, 3.05) is 26.4 Å². The molecule has 4 heteroatoms. The molecule has 1 unspecified atom stereocenters. The lowest BCUT2D eigenvalue weighted by Crippen LogP contribution is -2.19. The van der Waals surface area contributed by atoms with Crippen LogP contribution in [0.2, 0.25) is 0 Å². The number of nitrogens with one attached hydrogen (secondary N) is 1. The number of nitriles is 1. The molecule has 4 nitrogen and oxygen atoms in total. The molecule has 0 bridgehead atoms. The van der Waals surface area contributed by atoms with Crippen molar-refractivity contribution in [3.05, 3.63) is 35.4 Å². The van der Waals surface area contributed by atoms with E-state index in [0.29, 0.717) is 6.10 Å². The van der Waals surface area contributed by atoms with Gasteiger partial charge in [-0.2, -0.15) is 5.26 Å². The van der Waals surface area contributed by atoms with Crippen LogP contribution in [0, 0.1) is 11.3 Å². The highest BCUT2D eigenvalue weighted by Gasteiger charge is 2.14. The zero-order valence-electron chi connectivity index (χ0n) is 11.8. The van der Waals surface area contributed by atoms with Crippen LogP contribution in [0.15, 0.2) is 24.3 Å². The lowest BCUT2D eigenvalue weighted by molar-refractivity contribution is 0.0166. The molecule has 1 N–H and O–H groups in total. The smallest absolute Gasteiger partial charge is 0.0995 e. The summed E-state index contributed by atoms with van der Waals surface area (Å²) in [6.45, 7) is 3.98. The molecule has 108 valence electrons. The van der Waals surface area contributed by atoms with E-state index in [1.165, 1.54) is 0 Å². The van der Waals surface area contributed by atoms with Crippen molar-refractivity contribution in [2.45, 2.75) is 31.9 Å². The Bertz CT molecular complexity index is 436. The van der Waals surface area contributed by atoms with Gasteiger partial charge in [-0.25, -0.2) is 0 Å². The van der Waals surface area contributed by atoms with Gasteiger partial charge in [0.25, 0.3) is 0 Å². The molecule has 1 saturated heterocycles. The molecule has 1 aliphatic heterocycles. The second-order valence-electron chi connectivity index (χ2n) is 5.01. The van der Waals surface area contributed by atoms with E-state index in [0.717, 1.165) is 63.3 Å². The van der Waals surface area contributed by atoms with Gasteiger partial charge in [-0.05, 0) is 37.4 Å². The molecule has 2 rings (SSSR count). The van der Waals surface area contributed by atoms with Crippen LogP contribution in [0.3, 0.4) is 0 Å². The number of hydrogen-bond donors (Lipinski definition) is 1. The third kappa shape index (κ3) is 4.93. The maximum atomic E-state index is 8.99. The quantitative estimate of drug-likeness (QED) is 0.739. The first-order valence-electron chi connectivity index (χ1n) is 7.28. The Morgan fingerprint density at radius 1 is 1.40 bits per heavy atom. The predicted octanol–water partition coefficient (Wildman–Crippen LogP) is 2.23. The van der Waals surface area contributed by atoms with Gasteiger partial charge in [0.15, 0.2) is 0 Å². The molecular weight excluding hydrogens is 252 g/mol. The molecule has 1 aromatic rings. The molecular formula is C16H22N2O2. The van der Waals surface area contributed by atoms with Crippen molar-refractivity contribution < 1.29 is 9.47 Å². The van der Waals surface area contributed by atoms with Crippen molar-refractivity contribution >= 4 is 0 Å². The third-order valence-corrected chi connectivity index (χ3v) is 3.42. The van der Waals surface area contributed by atoms with Gasteiger partial charge < -0.3 is 14.8 Å². The highest BCUT2D eigenvalue weighted by Crippen LogP contribution is 2.11. The van der Waals surface area contributed by atoms with Gasteiger partial charge in [0.2, 0.25) is 0 Å². The van der Waals surface area contributed by atoms with E-state index in [-0.39, 0.29) is 0 Å². The molecule has 1 aromatic carbocycles. The number of benzene rings is 1. The molecule has 0 radical (unpaired) electrons. The molecule has 1 atom stereocenters. The van der Waals surface area contributed by atoms with Crippen molar-refractivity contribution in [1.82, 2.24) is 5.32 Å². The number of hydrogen-bond acceptors (Lipinski definition) is 4. The zero-order chi connectivity index (χ0) is 14.0. The average molecular weight is 274 g/mol. The largest absolute Gasteiger partial charge is 0.379 e. The maximum Gasteiger partial charge on any atom is 0.0995 e. The van der Waals surface area contributed by atoms with Gasteiger partial charge in [0.05, 0.1) is 24.3 Å². The Hall–Kier alpha value is -1.41. The third-order valence-electron chi connectivity index (χ3n) is 3.42. The van der Waals surface area contributed by atoms with Gasteiger partial charge in [0.1, 0.15) is 0 Å². The lowest BCUT2D eigenvalue weighted by atomic mass is 10.1. The van der Waals surface area contributed by atoms with Gasteiger partial charge in [-0.1, -0.05) is 18.2 Å². The van der Waals surface area contributed by atoms with Crippen molar-refractivity contribution in [3.8, 4) is 6.07 Å². The molecule has 20 heavy (non-hydrogen) atoms. The fourth-order valence-electron chi connectivity index (χ4n) is 2.30. The van der Waals surface area contributed by atoms with Gasteiger partial charge in [-0.3, -0.25) is 0 Å². The lowest BCUT2D eigenvalue weighted by Gasteiger charge is -2.10. The number of nitrogens with zero attached hydrogens (tertiary/aromatic N) is 1. The molecule has 0 spiro atoms. The SMILES string of the molecule is N#Cc1ccccc1CNCCCOCC1CCCO1. The van der Waals surface area contributed by atoms with Crippen LogP contribution in [0.4, 0.5) is 0 Å². The predicted molar refractivity (Wildman–Crippen MR) is 77.3 cm³/mol. The fraction of sp³-hybridized carbons (Fsp3) is 0.562. The summed E-state index contributed by atoms with van der Waals surface area (Å²) in [5.74, 6) is 0. The summed E-state index contributed by atoms with van der Waals surface area (Å²) in [6, 6.07) is 9.89. The topological polar surface area (TPSA) is 54.3 Å². The highest BCUT2D eigenvalue weighted by atomic mass is 16.5. The van der Waals surface area contributed by atoms with Crippen LogP contribution < -0.4 is 5.32 Å². The fourth-order valence-corrected chi connectivity index (χ4v) is 2.30. The van der Waals surface area contributed by atoms with E-state index >= 15 is 0 Å². The normalized spacial score (nSPS) is 18.1. The van der Waals surface area contributed by atoms with Crippen LogP contribution in [-0.4, -0.2) is 32.5 Å². The first-order chi connectivity index (χ1) is 9.90. The molecule has 0 saturated carbocycles. The van der Waals surface area contributed by atoms with E-state index in [2.05, 4.69) is 11.4 Å².